The third-order valence-corrected chi connectivity index (χ3v) is 2.66. The fourth-order valence-corrected chi connectivity index (χ4v) is 1.61. The number of nitrogens with one attached hydrogen (secondary N) is 2. The predicted molar refractivity (Wildman–Crippen MR) is 70.5 cm³/mol. The largest absolute Gasteiger partial charge is 0.497 e. The zero-order valence-electron chi connectivity index (χ0n) is 10.5. The third-order valence-electron chi connectivity index (χ3n) is 2.66. The fourth-order valence-electron chi connectivity index (χ4n) is 1.61. The number of H-pyrrole nitrogens is 1. The van der Waals surface area contributed by atoms with E-state index in [0.29, 0.717) is 17.0 Å². The molecule has 19 heavy (non-hydrogen) atoms. The summed E-state index contributed by atoms with van der Waals surface area (Å²) in [6, 6.07) is 10.1. The van der Waals surface area contributed by atoms with E-state index in [1.165, 1.54) is 0 Å². The summed E-state index contributed by atoms with van der Waals surface area (Å²) in [5, 5.41) is 2.56. The minimum absolute atomic E-state index is 0.0375. The van der Waals surface area contributed by atoms with Crippen LogP contribution in [0, 0.1) is 0 Å². The van der Waals surface area contributed by atoms with Crippen molar-refractivity contribution in [2.24, 2.45) is 0 Å². The van der Waals surface area contributed by atoms with E-state index in [-0.39, 0.29) is 18.2 Å². The van der Waals surface area contributed by atoms with E-state index in [1.54, 1.807) is 49.7 Å². The van der Waals surface area contributed by atoms with Gasteiger partial charge in [-0.25, -0.2) is 0 Å². The summed E-state index contributed by atoms with van der Waals surface area (Å²) in [7, 11) is 1.56. The van der Waals surface area contributed by atoms with Crippen molar-refractivity contribution in [3.8, 4) is 5.75 Å². The summed E-state index contributed by atoms with van der Waals surface area (Å²) in [5.74, 6) is 0.237. The summed E-state index contributed by atoms with van der Waals surface area (Å²) in [5.41, 5.74) is 0.968. The Morgan fingerprint density at radius 1 is 1.21 bits per heavy atom. The first-order valence-electron chi connectivity index (χ1n) is 5.79. The number of ketones is 1. The number of ether oxygens (including phenoxy) is 1. The van der Waals surface area contributed by atoms with E-state index in [4.69, 9.17) is 4.74 Å². The lowest BCUT2D eigenvalue weighted by atomic mass is 10.1. The molecule has 0 saturated heterocycles. The van der Waals surface area contributed by atoms with Crippen LogP contribution in [0.5, 0.6) is 5.75 Å². The van der Waals surface area contributed by atoms with Crippen LogP contribution in [0.25, 0.3) is 0 Å². The number of aromatic nitrogens is 1. The van der Waals surface area contributed by atoms with Crippen molar-refractivity contribution in [1.82, 2.24) is 10.3 Å². The lowest BCUT2D eigenvalue weighted by Crippen LogP contribution is -2.29. The average Bonchev–Trinajstić information content (AvgIpc) is 2.98. The molecule has 0 atom stereocenters. The molecule has 0 bridgehead atoms. The maximum atomic E-state index is 11.9. The van der Waals surface area contributed by atoms with Gasteiger partial charge in [0.1, 0.15) is 11.4 Å². The SMILES string of the molecule is COc1ccc(C(=O)CNC(=O)c2ccc[nH]2)cc1. The Morgan fingerprint density at radius 2 is 1.95 bits per heavy atom. The highest BCUT2D eigenvalue weighted by Crippen LogP contribution is 2.11. The highest BCUT2D eigenvalue weighted by atomic mass is 16.5. The van der Waals surface area contributed by atoms with Crippen LogP contribution in [0.1, 0.15) is 20.8 Å². The van der Waals surface area contributed by atoms with Crippen LogP contribution in [0.2, 0.25) is 0 Å². The topological polar surface area (TPSA) is 71.2 Å². The zero-order chi connectivity index (χ0) is 13.7. The van der Waals surface area contributed by atoms with Crippen LogP contribution >= 0.6 is 0 Å². The van der Waals surface area contributed by atoms with Crippen LogP contribution in [-0.4, -0.2) is 30.3 Å². The molecule has 1 aromatic carbocycles. The van der Waals surface area contributed by atoms with Gasteiger partial charge in [-0.1, -0.05) is 0 Å². The number of carbonyl (C=O) groups excluding carboxylic acids is 2. The van der Waals surface area contributed by atoms with Gasteiger partial charge in [0.2, 0.25) is 0 Å². The van der Waals surface area contributed by atoms with E-state index in [2.05, 4.69) is 10.3 Å². The van der Waals surface area contributed by atoms with Crippen molar-refractivity contribution < 1.29 is 14.3 Å². The Labute approximate surface area is 110 Å². The van der Waals surface area contributed by atoms with Gasteiger partial charge in [-0.15, -0.1) is 0 Å². The molecule has 5 heteroatoms. The molecule has 2 aromatic rings. The van der Waals surface area contributed by atoms with Gasteiger partial charge in [0.05, 0.1) is 13.7 Å². The molecule has 0 aliphatic carbocycles. The molecule has 98 valence electrons. The van der Waals surface area contributed by atoms with E-state index >= 15 is 0 Å². The van der Waals surface area contributed by atoms with Crippen molar-refractivity contribution in [1.29, 1.82) is 0 Å². The number of amides is 1. The Hall–Kier alpha value is -2.56. The monoisotopic (exact) mass is 258 g/mol. The molecular weight excluding hydrogens is 244 g/mol. The van der Waals surface area contributed by atoms with Crippen molar-refractivity contribution in [3.05, 3.63) is 53.9 Å². The number of aromatic amines is 1. The van der Waals surface area contributed by atoms with Gasteiger partial charge in [0, 0.05) is 11.8 Å². The molecule has 0 aliphatic heterocycles. The maximum Gasteiger partial charge on any atom is 0.268 e. The summed E-state index contributed by atoms with van der Waals surface area (Å²) in [4.78, 5) is 26.3. The maximum absolute atomic E-state index is 11.9. The van der Waals surface area contributed by atoms with Gasteiger partial charge in [-0.2, -0.15) is 0 Å². The van der Waals surface area contributed by atoms with E-state index in [1.807, 2.05) is 0 Å². The third kappa shape index (κ3) is 3.22. The van der Waals surface area contributed by atoms with E-state index < -0.39 is 0 Å². The molecule has 1 amide bonds. The number of hydrogen-bond donors (Lipinski definition) is 2. The van der Waals surface area contributed by atoms with Crippen LogP contribution in [0.3, 0.4) is 0 Å². The molecule has 0 fully saturated rings. The highest BCUT2D eigenvalue weighted by molar-refractivity contribution is 6.01. The molecule has 0 saturated carbocycles. The lowest BCUT2D eigenvalue weighted by molar-refractivity contribution is 0.0901. The fraction of sp³-hybridized carbons (Fsp3) is 0.143. The van der Waals surface area contributed by atoms with Gasteiger partial charge < -0.3 is 15.0 Å². The standard InChI is InChI=1S/C14H14N2O3/c1-19-11-6-4-10(5-7-11)13(17)9-16-14(18)12-3-2-8-15-12/h2-8,15H,9H2,1H3,(H,16,18). The molecule has 2 N–H and O–H groups in total. The van der Waals surface area contributed by atoms with Gasteiger partial charge in [0.25, 0.3) is 5.91 Å². The first-order valence-corrected chi connectivity index (χ1v) is 5.79. The molecule has 1 aromatic heterocycles. The Bertz CT molecular complexity index is 559. The summed E-state index contributed by atoms with van der Waals surface area (Å²) >= 11 is 0. The summed E-state index contributed by atoms with van der Waals surface area (Å²) in [6.45, 7) is -0.0375. The number of rotatable bonds is 5. The summed E-state index contributed by atoms with van der Waals surface area (Å²) < 4.78 is 5.01. The van der Waals surface area contributed by atoms with Crippen LogP contribution in [-0.2, 0) is 0 Å². The van der Waals surface area contributed by atoms with Crippen molar-refractivity contribution in [2.75, 3.05) is 13.7 Å². The molecular formula is C14H14N2O3. The van der Waals surface area contributed by atoms with Gasteiger partial charge in [0.15, 0.2) is 5.78 Å². The second kappa shape index (κ2) is 5.86. The van der Waals surface area contributed by atoms with Crippen molar-refractivity contribution >= 4 is 11.7 Å². The number of Topliss-reactive ketones (excluding diaryl/α,β-unsaturated/α-hetero) is 1. The number of methoxy groups -OCH3 is 1. The minimum Gasteiger partial charge on any atom is -0.497 e. The molecule has 0 spiro atoms. The van der Waals surface area contributed by atoms with Crippen molar-refractivity contribution in [3.63, 3.8) is 0 Å². The predicted octanol–water partition coefficient (Wildman–Crippen LogP) is 1.64. The van der Waals surface area contributed by atoms with Crippen LogP contribution in [0.15, 0.2) is 42.6 Å². The smallest absolute Gasteiger partial charge is 0.268 e. The van der Waals surface area contributed by atoms with E-state index in [0.717, 1.165) is 0 Å². The van der Waals surface area contributed by atoms with Crippen LogP contribution in [0.4, 0.5) is 0 Å². The lowest BCUT2D eigenvalue weighted by Gasteiger charge is -2.04. The summed E-state index contributed by atoms with van der Waals surface area (Å²) in [6.07, 6.45) is 1.65. The van der Waals surface area contributed by atoms with Gasteiger partial charge >= 0.3 is 0 Å². The van der Waals surface area contributed by atoms with E-state index in [9.17, 15) is 9.59 Å². The highest BCUT2D eigenvalue weighted by Gasteiger charge is 2.10. The Morgan fingerprint density at radius 3 is 2.53 bits per heavy atom. The molecule has 5 nitrogen and oxygen atoms in total. The van der Waals surface area contributed by atoms with Gasteiger partial charge in [-0.05, 0) is 36.4 Å². The first kappa shape index (κ1) is 12.9. The Balaban J connectivity index is 1.92. The number of benzene rings is 1. The quantitative estimate of drug-likeness (QED) is 0.801. The van der Waals surface area contributed by atoms with Crippen LogP contribution < -0.4 is 10.1 Å². The normalized spacial score (nSPS) is 9.95. The molecule has 1 heterocycles. The number of hydrogen-bond acceptors (Lipinski definition) is 3. The second-order valence-electron chi connectivity index (χ2n) is 3.92. The zero-order valence-corrected chi connectivity index (χ0v) is 10.5. The van der Waals surface area contributed by atoms with Crippen molar-refractivity contribution in [2.45, 2.75) is 0 Å². The molecule has 0 radical (unpaired) electrons. The average molecular weight is 258 g/mol. The molecule has 0 unspecified atom stereocenters. The molecule has 0 aliphatic rings. The van der Waals surface area contributed by atoms with Gasteiger partial charge in [-0.3, -0.25) is 9.59 Å². The Kier molecular flexibility index (Phi) is 3.97. The second-order valence-corrected chi connectivity index (χ2v) is 3.92. The molecule has 2 rings (SSSR count). The number of carbonyl (C=O) groups is 2. The minimum atomic E-state index is -0.299. The first-order chi connectivity index (χ1) is 9.20.